The van der Waals surface area contributed by atoms with E-state index < -0.39 is 10.0 Å². The van der Waals surface area contributed by atoms with E-state index in [9.17, 15) is 8.42 Å². The van der Waals surface area contributed by atoms with Crippen molar-refractivity contribution < 1.29 is 17.9 Å². The van der Waals surface area contributed by atoms with Gasteiger partial charge in [-0.15, -0.1) is 0 Å². The zero-order valence-corrected chi connectivity index (χ0v) is 15.3. The molecule has 2 aromatic rings. The monoisotopic (exact) mass is 361 g/mol. The van der Waals surface area contributed by atoms with Crippen molar-refractivity contribution >= 4 is 10.0 Å². The lowest BCUT2D eigenvalue weighted by molar-refractivity contribution is 0.254. The Balaban J connectivity index is 1.75. The molecule has 0 saturated heterocycles. The van der Waals surface area contributed by atoms with Crippen LogP contribution in [0.2, 0.25) is 0 Å². The highest BCUT2D eigenvalue weighted by atomic mass is 32.2. The van der Waals surface area contributed by atoms with Crippen LogP contribution in [0.15, 0.2) is 42.5 Å². The van der Waals surface area contributed by atoms with Gasteiger partial charge in [-0.2, -0.15) is 0 Å². The number of benzene rings is 2. The highest BCUT2D eigenvalue weighted by molar-refractivity contribution is 7.88. The summed E-state index contributed by atoms with van der Waals surface area (Å²) in [4.78, 5) is 0. The van der Waals surface area contributed by atoms with E-state index in [0.29, 0.717) is 12.4 Å². The average Bonchev–Trinajstić information content (AvgIpc) is 2.92. The van der Waals surface area contributed by atoms with Gasteiger partial charge in [0.05, 0.1) is 12.4 Å². The molecule has 2 aromatic carbocycles. The van der Waals surface area contributed by atoms with Crippen LogP contribution in [0.1, 0.15) is 30.5 Å². The summed E-state index contributed by atoms with van der Waals surface area (Å²) in [6.45, 7) is 4.63. The summed E-state index contributed by atoms with van der Waals surface area (Å²) < 4.78 is 38.8. The van der Waals surface area contributed by atoms with Crippen LogP contribution in [0.5, 0.6) is 11.5 Å². The van der Waals surface area contributed by atoms with Gasteiger partial charge >= 0.3 is 0 Å². The van der Waals surface area contributed by atoms with Gasteiger partial charge in [-0.1, -0.05) is 30.3 Å². The number of fused-ring (bicyclic) bond motifs is 1. The van der Waals surface area contributed by atoms with E-state index in [4.69, 9.17) is 9.47 Å². The Kier molecular flexibility index (Phi) is 5.30. The van der Waals surface area contributed by atoms with Crippen LogP contribution < -0.4 is 14.2 Å². The van der Waals surface area contributed by atoms with Gasteiger partial charge in [0, 0.05) is 24.1 Å². The first kappa shape index (κ1) is 17.8. The second-order valence-corrected chi connectivity index (χ2v) is 8.01. The molecule has 1 atom stereocenters. The summed E-state index contributed by atoms with van der Waals surface area (Å²) in [5.74, 6) is 1.48. The number of rotatable bonds is 7. The third-order valence-electron chi connectivity index (χ3n) is 4.06. The molecule has 0 fully saturated rings. The lowest BCUT2D eigenvalue weighted by atomic mass is 10.1. The molecule has 1 heterocycles. The van der Waals surface area contributed by atoms with Gasteiger partial charge < -0.3 is 9.47 Å². The van der Waals surface area contributed by atoms with Crippen molar-refractivity contribution in [1.82, 2.24) is 4.72 Å². The van der Waals surface area contributed by atoms with Crippen LogP contribution in [0, 0.1) is 0 Å². The van der Waals surface area contributed by atoms with Gasteiger partial charge in [0.25, 0.3) is 0 Å². The van der Waals surface area contributed by atoms with Gasteiger partial charge in [0.2, 0.25) is 10.0 Å². The smallest absolute Gasteiger partial charge is 0.216 e. The fourth-order valence-corrected chi connectivity index (χ4v) is 4.05. The maximum absolute atomic E-state index is 12.3. The Hall–Kier alpha value is -2.05. The largest absolute Gasteiger partial charge is 0.494 e. The molecule has 1 N–H and O–H groups in total. The first-order chi connectivity index (χ1) is 12.0. The minimum Gasteiger partial charge on any atom is -0.494 e. The Bertz CT molecular complexity index is 834. The number of hydrogen-bond acceptors (Lipinski definition) is 4. The van der Waals surface area contributed by atoms with E-state index in [0.717, 1.165) is 28.9 Å². The zero-order chi connectivity index (χ0) is 17.9. The van der Waals surface area contributed by atoms with E-state index in [1.54, 1.807) is 12.1 Å². The Morgan fingerprint density at radius 2 is 2.00 bits per heavy atom. The number of ether oxygens (including phenoxy) is 2. The maximum atomic E-state index is 12.3. The van der Waals surface area contributed by atoms with E-state index in [-0.39, 0.29) is 18.4 Å². The quantitative estimate of drug-likeness (QED) is 0.823. The third kappa shape index (κ3) is 4.52. The summed E-state index contributed by atoms with van der Waals surface area (Å²) in [5.41, 5.74) is 2.64. The van der Waals surface area contributed by atoms with Gasteiger partial charge in [-0.25, -0.2) is 13.1 Å². The summed E-state index contributed by atoms with van der Waals surface area (Å²) in [7, 11) is -3.44. The van der Waals surface area contributed by atoms with Crippen molar-refractivity contribution in [3.05, 3.63) is 59.2 Å². The van der Waals surface area contributed by atoms with E-state index in [1.165, 1.54) is 0 Å². The molecule has 0 amide bonds. The Labute approximate surface area is 149 Å². The molecule has 3 rings (SSSR count). The molecule has 1 aliphatic heterocycles. The lowest BCUT2D eigenvalue weighted by Crippen LogP contribution is -2.25. The van der Waals surface area contributed by atoms with Crippen molar-refractivity contribution in [2.24, 2.45) is 0 Å². The van der Waals surface area contributed by atoms with Crippen molar-refractivity contribution in [2.45, 2.75) is 38.7 Å². The molecule has 0 radical (unpaired) electrons. The fraction of sp³-hybridized carbons (Fsp3) is 0.368. The number of hydrogen-bond donors (Lipinski definition) is 1. The van der Waals surface area contributed by atoms with E-state index in [2.05, 4.69) is 4.72 Å². The van der Waals surface area contributed by atoms with Crippen LogP contribution >= 0.6 is 0 Å². The second kappa shape index (κ2) is 7.45. The molecular formula is C19H23NO4S. The van der Waals surface area contributed by atoms with Crippen molar-refractivity contribution in [1.29, 1.82) is 0 Å². The molecule has 0 unspecified atom stereocenters. The van der Waals surface area contributed by atoms with Gasteiger partial charge in [0.15, 0.2) is 0 Å². The van der Waals surface area contributed by atoms with Gasteiger partial charge in [0.1, 0.15) is 17.6 Å². The van der Waals surface area contributed by atoms with E-state index >= 15 is 0 Å². The SMILES string of the molecule is CCOc1cc2c(cc1CNS(=O)(=O)Cc1ccccc1)O[C@H](C)C2. The molecule has 5 nitrogen and oxygen atoms in total. The van der Waals surface area contributed by atoms with Crippen LogP contribution in [0.4, 0.5) is 0 Å². The van der Waals surface area contributed by atoms with Gasteiger partial charge in [-0.3, -0.25) is 0 Å². The molecule has 0 aromatic heterocycles. The predicted octanol–water partition coefficient (Wildman–Crippen LogP) is 3.03. The molecule has 0 spiro atoms. The Morgan fingerprint density at radius 3 is 2.72 bits per heavy atom. The van der Waals surface area contributed by atoms with Crippen molar-refractivity contribution in [3.63, 3.8) is 0 Å². The molecule has 0 bridgehead atoms. The average molecular weight is 361 g/mol. The van der Waals surface area contributed by atoms with Crippen molar-refractivity contribution in [2.75, 3.05) is 6.61 Å². The van der Waals surface area contributed by atoms with Crippen molar-refractivity contribution in [3.8, 4) is 11.5 Å². The number of sulfonamides is 1. The summed E-state index contributed by atoms with van der Waals surface area (Å²) in [6.07, 6.45) is 0.976. The summed E-state index contributed by atoms with van der Waals surface area (Å²) in [5, 5.41) is 0. The molecule has 0 aliphatic carbocycles. The number of nitrogens with one attached hydrogen (secondary N) is 1. The zero-order valence-electron chi connectivity index (χ0n) is 14.5. The highest BCUT2D eigenvalue weighted by Crippen LogP contribution is 2.35. The molecule has 6 heteroatoms. The Morgan fingerprint density at radius 1 is 1.24 bits per heavy atom. The minimum atomic E-state index is -3.44. The summed E-state index contributed by atoms with van der Waals surface area (Å²) in [6, 6.07) is 13.0. The van der Waals surface area contributed by atoms with Crippen LogP contribution in [-0.2, 0) is 28.7 Å². The third-order valence-corrected chi connectivity index (χ3v) is 5.36. The standard InChI is InChI=1S/C19H23NO4S/c1-3-23-18-10-16-9-14(2)24-19(16)11-17(18)12-20-25(21,22)13-15-7-5-4-6-8-15/h4-8,10-11,14,20H,3,9,12-13H2,1-2H3/t14-/m1/s1. The molecule has 25 heavy (non-hydrogen) atoms. The summed E-state index contributed by atoms with van der Waals surface area (Å²) >= 11 is 0. The lowest BCUT2D eigenvalue weighted by Gasteiger charge is -2.13. The molecule has 1 aliphatic rings. The van der Waals surface area contributed by atoms with Crippen LogP contribution in [0.3, 0.4) is 0 Å². The molecule has 134 valence electrons. The topological polar surface area (TPSA) is 64.6 Å². The maximum Gasteiger partial charge on any atom is 0.216 e. The van der Waals surface area contributed by atoms with Crippen LogP contribution in [0.25, 0.3) is 0 Å². The highest BCUT2D eigenvalue weighted by Gasteiger charge is 2.22. The van der Waals surface area contributed by atoms with Gasteiger partial charge in [-0.05, 0) is 31.5 Å². The fourth-order valence-electron chi connectivity index (χ4n) is 2.94. The first-order valence-electron chi connectivity index (χ1n) is 8.43. The predicted molar refractivity (Wildman–Crippen MR) is 97.3 cm³/mol. The van der Waals surface area contributed by atoms with E-state index in [1.807, 2.05) is 44.2 Å². The first-order valence-corrected chi connectivity index (χ1v) is 10.1. The molecule has 0 saturated carbocycles. The normalized spacial score (nSPS) is 16.3. The minimum absolute atomic E-state index is 0.0454. The second-order valence-electron chi connectivity index (χ2n) is 6.20. The van der Waals surface area contributed by atoms with Crippen LogP contribution in [-0.4, -0.2) is 21.1 Å². The molecular weight excluding hydrogens is 338 g/mol.